The van der Waals surface area contributed by atoms with Crippen LogP contribution in [0.25, 0.3) is 60.2 Å². The average Bonchev–Trinajstić information content (AvgIpc) is 3.46. The van der Waals surface area contributed by atoms with Gasteiger partial charge in [-0.3, -0.25) is 0 Å². The second kappa shape index (κ2) is 10.8. The van der Waals surface area contributed by atoms with E-state index in [2.05, 4.69) is 191 Å². The summed E-state index contributed by atoms with van der Waals surface area (Å²) in [6, 6.07) is 65.7. The highest BCUT2D eigenvalue weighted by Crippen LogP contribution is 2.44. The highest BCUT2D eigenvalue weighted by atomic mass is 15.1. The van der Waals surface area contributed by atoms with E-state index in [-0.39, 0.29) is 0 Å². The molecule has 0 amide bonds. The molecule has 0 atom stereocenters. The van der Waals surface area contributed by atoms with Crippen LogP contribution in [0.2, 0.25) is 0 Å². The van der Waals surface area contributed by atoms with E-state index in [0.717, 1.165) is 22.7 Å². The quantitative estimate of drug-likeness (QED) is 0.195. The number of nitrogens with zero attached hydrogens (tertiary/aromatic N) is 2. The van der Waals surface area contributed by atoms with Crippen molar-refractivity contribution in [2.24, 2.45) is 0 Å². The molecule has 9 rings (SSSR count). The van der Waals surface area contributed by atoms with Crippen LogP contribution in [0, 0.1) is 0 Å². The van der Waals surface area contributed by atoms with Crippen molar-refractivity contribution in [3.8, 4) is 16.8 Å². The number of anilines is 3. The Morgan fingerprint density at radius 3 is 1.78 bits per heavy atom. The first-order valence-electron chi connectivity index (χ1n) is 15.8. The molecule has 0 aliphatic heterocycles. The molecule has 0 aliphatic rings. The van der Waals surface area contributed by atoms with Crippen LogP contribution < -0.4 is 4.90 Å². The van der Waals surface area contributed by atoms with Crippen molar-refractivity contribution in [3.63, 3.8) is 0 Å². The van der Waals surface area contributed by atoms with Gasteiger partial charge in [0.1, 0.15) is 0 Å². The average molecular weight is 587 g/mol. The van der Waals surface area contributed by atoms with Gasteiger partial charge in [-0.2, -0.15) is 0 Å². The molecule has 0 spiro atoms. The molecule has 1 aromatic heterocycles. The second-order valence-electron chi connectivity index (χ2n) is 11.8. The molecule has 0 bridgehead atoms. The smallest absolute Gasteiger partial charge is 0.0547 e. The van der Waals surface area contributed by atoms with E-state index in [0.29, 0.717) is 0 Å². The molecule has 1 heterocycles. The first-order valence-corrected chi connectivity index (χ1v) is 15.8. The van der Waals surface area contributed by atoms with Gasteiger partial charge in [0.25, 0.3) is 0 Å². The minimum absolute atomic E-state index is 1.12. The van der Waals surface area contributed by atoms with Gasteiger partial charge in [0.05, 0.1) is 16.7 Å². The van der Waals surface area contributed by atoms with Gasteiger partial charge in [-0.05, 0) is 81.9 Å². The summed E-state index contributed by atoms with van der Waals surface area (Å²) >= 11 is 0. The Hall–Kier alpha value is -6.12. The molecule has 0 saturated carbocycles. The first kappa shape index (κ1) is 26.3. The van der Waals surface area contributed by atoms with Gasteiger partial charge < -0.3 is 9.47 Å². The Kier molecular flexibility index (Phi) is 6.17. The lowest BCUT2D eigenvalue weighted by molar-refractivity contribution is 1.18. The van der Waals surface area contributed by atoms with Crippen molar-refractivity contribution in [1.29, 1.82) is 0 Å². The fraction of sp³-hybridized carbons (Fsp3) is 0. The van der Waals surface area contributed by atoms with Crippen LogP contribution in [-0.4, -0.2) is 4.57 Å². The summed E-state index contributed by atoms with van der Waals surface area (Å²) in [6.07, 6.45) is 0. The van der Waals surface area contributed by atoms with Crippen molar-refractivity contribution in [2.45, 2.75) is 0 Å². The van der Waals surface area contributed by atoms with Crippen LogP contribution in [0.5, 0.6) is 0 Å². The Labute approximate surface area is 268 Å². The number of para-hydroxylation sites is 2. The molecule has 9 aromatic rings. The number of fused-ring (bicyclic) bond motifs is 5. The topological polar surface area (TPSA) is 8.17 Å². The Morgan fingerprint density at radius 1 is 0.370 bits per heavy atom. The zero-order valence-electron chi connectivity index (χ0n) is 25.2. The van der Waals surface area contributed by atoms with Gasteiger partial charge in [0.2, 0.25) is 0 Å². The Morgan fingerprint density at radius 2 is 0.978 bits per heavy atom. The summed E-state index contributed by atoms with van der Waals surface area (Å²) in [5, 5.41) is 7.43. The molecule has 216 valence electrons. The van der Waals surface area contributed by atoms with E-state index in [1.54, 1.807) is 0 Å². The minimum Gasteiger partial charge on any atom is -0.310 e. The summed E-state index contributed by atoms with van der Waals surface area (Å²) < 4.78 is 2.41. The van der Waals surface area contributed by atoms with E-state index >= 15 is 0 Å². The fourth-order valence-corrected chi connectivity index (χ4v) is 7.15. The van der Waals surface area contributed by atoms with Crippen LogP contribution in [0.15, 0.2) is 182 Å². The van der Waals surface area contributed by atoms with E-state index < -0.39 is 0 Å². The van der Waals surface area contributed by atoms with Gasteiger partial charge in [0, 0.05) is 33.2 Å². The van der Waals surface area contributed by atoms with Crippen LogP contribution in [0.1, 0.15) is 0 Å². The predicted molar refractivity (Wildman–Crippen MR) is 196 cm³/mol. The monoisotopic (exact) mass is 586 g/mol. The summed E-state index contributed by atoms with van der Waals surface area (Å²) in [7, 11) is 0. The van der Waals surface area contributed by atoms with Crippen LogP contribution in [0.3, 0.4) is 0 Å². The minimum atomic E-state index is 1.12. The van der Waals surface area contributed by atoms with E-state index in [4.69, 9.17) is 0 Å². The van der Waals surface area contributed by atoms with Gasteiger partial charge in [0.15, 0.2) is 0 Å². The number of rotatable bonds is 5. The van der Waals surface area contributed by atoms with Gasteiger partial charge in [-0.1, -0.05) is 127 Å². The maximum Gasteiger partial charge on any atom is 0.0547 e. The lowest BCUT2D eigenvalue weighted by Gasteiger charge is -2.27. The maximum absolute atomic E-state index is 2.41. The molecule has 0 radical (unpaired) electrons. The molecule has 8 aromatic carbocycles. The third-order valence-electron chi connectivity index (χ3n) is 9.15. The second-order valence-corrected chi connectivity index (χ2v) is 11.8. The van der Waals surface area contributed by atoms with E-state index in [1.165, 1.54) is 54.5 Å². The summed E-state index contributed by atoms with van der Waals surface area (Å²) in [5.74, 6) is 0. The van der Waals surface area contributed by atoms with Gasteiger partial charge in [-0.15, -0.1) is 0 Å². The lowest BCUT2D eigenvalue weighted by atomic mass is 9.94. The van der Waals surface area contributed by atoms with Gasteiger partial charge >= 0.3 is 0 Å². The van der Waals surface area contributed by atoms with Crippen LogP contribution in [0.4, 0.5) is 17.1 Å². The fourth-order valence-electron chi connectivity index (χ4n) is 7.15. The largest absolute Gasteiger partial charge is 0.310 e. The zero-order chi connectivity index (χ0) is 30.5. The highest BCUT2D eigenvalue weighted by molar-refractivity contribution is 6.19. The van der Waals surface area contributed by atoms with Crippen molar-refractivity contribution in [3.05, 3.63) is 182 Å². The molecule has 0 aliphatic carbocycles. The molecule has 2 nitrogen and oxygen atoms in total. The molecule has 2 heteroatoms. The number of aromatic nitrogens is 1. The van der Waals surface area contributed by atoms with Gasteiger partial charge in [-0.25, -0.2) is 0 Å². The Bertz CT molecular complexity index is 2520. The molecule has 0 N–H and O–H groups in total. The maximum atomic E-state index is 2.41. The third kappa shape index (κ3) is 4.19. The van der Waals surface area contributed by atoms with Crippen molar-refractivity contribution >= 4 is 60.4 Å². The molecular weight excluding hydrogens is 556 g/mol. The standard InChI is InChI=1S/C44H30N2/c1-3-18-33(19-4-1)45(41-26-12-17-32-15-8-10-23-37(32)41)35-28-29-42-40(30-35)44-39(38-24-11-16-31-14-7-9-22-36(31)38)25-13-27-43(44)46(42)34-20-5-2-6-21-34/h1-30H. The number of hydrogen-bond donors (Lipinski definition) is 0. The third-order valence-corrected chi connectivity index (χ3v) is 9.15. The SMILES string of the molecule is c1ccc(N(c2ccc3c(c2)c2c(-c4cccc5ccccc45)cccc2n3-c2ccccc2)c2cccc3ccccc23)cc1. The summed E-state index contributed by atoms with van der Waals surface area (Å²) in [4.78, 5) is 2.40. The van der Waals surface area contributed by atoms with Crippen molar-refractivity contribution < 1.29 is 0 Å². The summed E-state index contributed by atoms with van der Waals surface area (Å²) in [6.45, 7) is 0. The van der Waals surface area contributed by atoms with Crippen molar-refractivity contribution in [2.75, 3.05) is 4.90 Å². The van der Waals surface area contributed by atoms with Crippen LogP contribution in [-0.2, 0) is 0 Å². The molecular formula is C44H30N2. The van der Waals surface area contributed by atoms with E-state index in [9.17, 15) is 0 Å². The normalized spacial score (nSPS) is 11.5. The highest BCUT2D eigenvalue weighted by Gasteiger charge is 2.21. The Balaban J connectivity index is 1.38. The molecule has 0 saturated heterocycles. The molecule has 0 fully saturated rings. The zero-order valence-corrected chi connectivity index (χ0v) is 25.2. The number of benzene rings is 8. The summed E-state index contributed by atoms with van der Waals surface area (Å²) in [5.41, 5.74) is 9.42. The molecule has 46 heavy (non-hydrogen) atoms. The van der Waals surface area contributed by atoms with Crippen molar-refractivity contribution in [1.82, 2.24) is 4.57 Å². The predicted octanol–water partition coefficient (Wildman–Crippen LogP) is 12.2. The van der Waals surface area contributed by atoms with Crippen LogP contribution >= 0.6 is 0 Å². The molecule has 0 unspecified atom stereocenters. The lowest BCUT2D eigenvalue weighted by Crippen LogP contribution is -2.10. The van der Waals surface area contributed by atoms with E-state index in [1.807, 2.05) is 0 Å². The first-order chi connectivity index (χ1) is 22.8. The number of hydrogen-bond acceptors (Lipinski definition) is 1.